The summed E-state index contributed by atoms with van der Waals surface area (Å²) in [5.74, 6) is 1.38. The summed E-state index contributed by atoms with van der Waals surface area (Å²) in [6.07, 6.45) is 4.26. The van der Waals surface area contributed by atoms with Crippen molar-refractivity contribution in [3.63, 3.8) is 0 Å². The highest BCUT2D eigenvalue weighted by atomic mass is 32.2. The number of para-hydroxylation sites is 1. The molecule has 1 fully saturated rings. The number of fused-ring (bicyclic) bond motifs is 1. The van der Waals surface area contributed by atoms with Gasteiger partial charge in [0.15, 0.2) is 16.8 Å². The number of hydrogen-bond acceptors (Lipinski definition) is 4. The largest absolute Gasteiger partial charge is 0.360 e. The van der Waals surface area contributed by atoms with Crippen molar-refractivity contribution in [1.82, 2.24) is 19.7 Å². The first kappa shape index (κ1) is 18.2. The molecule has 1 N–H and O–H groups in total. The lowest BCUT2D eigenvalue weighted by molar-refractivity contribution is 0.102. The quantitative estimate of drug-likeness (QED) is 0.349. The predicted molar refractivity (Wildman–Crippen MR) is 117 cm³/mol. The van der Waals surface area contributed by atoms with Crippen molar-refractivity contribution >= 4 is 28.4 Å². The Morgan fingerprint density at radius 3 is 2.83 bits per heavy atom. The zero-order chi connectivity index (χ0) is 20.0. The molecule has 0 unspecified atom stereocenters. The van der Waals surface area contributed by atoms with Gasteiger partial charge in [0.05, 0.1) is 5.75 Å². The summed E-state index contributed by atoms with van der Waals surface area (Å²) < 4.78 is 2.22. The molecule has 5 nitrogen and oxygen atoms in total. The predicted octanol–water partition coefficient (Wildman–Crippen LogP) is 5.35. The Morgan fingerprint density at radius 2 is 2.00 bits per heavy atom. The molecule has 1 aliphatic carbocycles. The summed E-state index contributed by atoms with van der Waals surface area (Å²) in [5, 5.41) is 10.9. The molecule has 0 saturated heterocycles. The highest BCUT2D eigenvalue weighted by Crippen LogP contribution is 2.42. The van der Waals surface area contributed by atoms with E-state index in [9.17, 15) is 4.79 Å². The monoisotopic (exact) mass is 402 g/mol. The maximum Gasteiger partial charge on any atom is 0.192 e. The van der Waals surface area contributed by atoms with Gasteiger partial charge in [-0.2, -0.15) is 0 Å². The minimum atomic E-state index is 0.134. The van der Waals surface area contributed by atoms with E-state index >= 15 is 0 Å². The molecule has 1 saturated carbocycles. The molecule has 1 aliphatic rings. The second kappa shape index (κ2) is 7.19. The third-order valence-corrected chi connectivity index (χ3v) is 6.38. The van der Waals surface area contributed by atoms with Crippen LogP contribution in [-0.2, 0) is 0 Å². The van der Waals surface area contributed by atoms with E-state index in [0.29, 0.717) is 11.8 Å². The van der Waals surface area contributed by atoms with Gasteiger partial charge in [-0.1, -0.05) is 47.7 Å². The van der Waals surface area contributed by atoms with Gasteiger partial charge in [0.1, 0.15) is 0 Å². The van der Waals surface area contributed by atoms with Crippen molar-refractivity contribution in [2.24, 2.45) is 0 Å². The van der Waals surface area contributed by atoms with E-state index in [4.69, 9.17) is 0 Å². The number of thioether (sulfide) groups is 1. The van der Waals surface area contributed by atoms with Gasteiger partial charge in [-0.3, -0.25) is 9.36 Å². The molecular formula is C23H22N4OS. The van der Waals surface area contributed by atoms with Gasteiger partial charge in [-0.25, -0.2) is 0 Å². The molecule has 146 valence electrons. The van der Waals surface area contributed by atoms with Crippen molar-refractivity contribution < 1.29 is 4.79 Å². The number of H-pyrrole nitrogens is 1. The number of nitrogens with one attached hydrogen (secondary N) is 1. The van der Waals surface area contributed by atoms with Crippen LogP contribution in [0.4, 0.5) is 0 Å². The van der Waals surface area contributed by atoms with Crippen LogP contribution in [0.25, 0.3) is 22.3 Å². The second-order valence-corrected chi connectivity index (χ2v) is 8.63. The minimum Gasteiger partial charge on any atom is -0.360 e. The number of ketones is 1. The molecule has 29 heavy (non-hydrogen) atoms. The van der Waals surface area contributed by atoms with Crippen LogP contribution in [0.15, 0.2) is 53.8 Å². The SMILES string of the molecule is Cc1ccc(C)c(C(=O)CSc2nnc(-c3c[nH]c4ccccc34)n2C2CC2)c1. The number of hydrogen-bond donors (Lipinski definition) is 1. The fraction of sp³-hybridized carbons (Fsp3) is 0.261. The molecule has 0 spiro atoms. The fourth-order valence-electron chi connectivity index (χ4n) is 3.72. The smallest absolute Gasteiger partial charge is 0.192 e. The Morgan fingerprint density at radius 1 is 1.17 bits per heavy atom. The standard InChI is InChI=1S/C23H22N4OS/c1-14-7-8-15(2)18(11-14)21(28)13-29-23-26-25-22(27(23)16-9-10-16)19-12-24-20-6-4-3-5-17(19)20/h3-8,11-12,16,24H,9-10,13H2,1-2H3. The fourth-order valence-corrected chi connectivity index (χ4v) is 4.61. The lowest BCUT2D eigenvalue weighted by Gasteiger charge is -2.09. The molecule has 0 amide bonds. The van der Waals surface area contributed by atoms with Crippen LogP contribution >= 0.6 is 11.8 Å². The average Bonchev–Trinajstić information content (AvgIpc) is 3.34. The normalized spacial score (nSPS) is 13.9. The van der Waals surface area contributed by atoms with Gasteiger partial charge in [-0.15, -0.1) is 10.2 Å². The molecule has 0 bridgehead atoms. The molecule has 6 heteroatoms. The Kier molecular flexibility index (Phi) is 4.51. The highest BCUT2D eigenvalue weighted by Gasteiger charge is 2.31. The number of benzene rings is 2. The van der Waals surface area contributed by atoms with Crippen molar-refractivity contribution in [3.8, 4) is 11.4 Å². The zero-order valence-corrected chi connectivity index (χ0v) is 17.3. The molecule has 0 aliphatic heterocycles. The number of rotatable bonds is 6. The molecule has 5 rings (SSSR count). The van der Waals surface area contributed by atoms with E-state index in [1.54, 1.807) is 0 Å². The van der Waals surface area contributed by atoms with Gasteiger partial charge in [0.2, 0.25) is 0 Å². The van der Waals surface area contributed by atoms with Crippen LogP contribution < -0.4 is 0 Å². The number of aryl methyl sites for hydroxylation is 2. The first-order chi connectivity index (χ1) is 14.1. The van der Waals surface area contributed by atoms with Crippen LogP contribution in [0.2, 0.25) is 0 Å². The Hall–Kier alpha value is -2.86. The molecule has 0 radical (unpaired) electrons. The van der Waals surface area contributed by atoms with Crippen molar-refractivity contribution in [2.45, 2.75) is 37.9 Å². The number of nitrogens with zero attached hydrogens (tertiary/aromatic N) is 3. The Balaban J connectivity index is 1.45. The Bertz CT molecular complexity index is 1220. The summed E-state index contributed by atoms with van der Waals surface area (Å²) in [4.78, 5) is 16.1. The average molecular weight is 403 g/mol. The first-order valence-corrected chi connectivity index (χ1v) is 10.8. The van der Waals surface area contributed by atoms with E-state index in [0.717, 1.165) is 57.0 Å². The molecule has 2 heterocycles. The third-order valence-electron chi connectivity index (χ3n) is 5.43. The van der Waals surface area contributed by atoms with Crippen molar-refractivity contribution in [1.29, 1.82) is 0 Å². The van der Waals surface area contributed by atoms with Crippen LogP contribution in [0, 0.1) is 13.8 Å². The number of carbonyl (C=O) groups excluding carboxylic acids is 1. The Labute approximate surface area is 173 Å². The highest BCUT2D eigenvalue weighted by molar-refractivity contribution is 7.99. The number of carbonyl (C=O) groups is 1. The lowest BCUT2D eigenvalue weighted by atomic mass is 10.0. The van der Waals surface area contributed by atoms with Gasteiger partial charge in [0.25, 0.3) is 0 Å². The number of aromatic amines is 1. The molecule has 4 aromatic rings. The summed E-state index contributed by atoms with van der Waals surface area (Å²) in [7, 11) is 0. The number of aromatic nitrogens is 4. The van der Waals surface area contributed by atoms with Crippen LogP contribution in [0.3, 0.4) is 0 Å². The summed E-state index contributed by atoms with van der Waals surface area (Å²) in [5.41, 5.74) is 5.07. The number of Topliss-reactive ketones (excluding diaryl/α,β-unsaturated/α-hetero) is 1. The van der Waals surface area contributed by atoms with Crippen molar-refractivity contribution in [3.05, 3.63) is 65.4 Å². The third kappa shape index (κ3) is 3.38. The van der Waals surface area contributed by atoms with Crippen LogP contribution in [0.5, 0.6) is 0 Å². The van der Waals surface area contributed by atoms with Crippen molar-refractivity contribution in [2.75, 3.05) is 5.75 Å². The maximum absolute atomic E-state index is 12.8. The second-order valence-electron chi connectivity index (χ2n) is 7.69. The van der Waals surface area contributed by atoms with Gasteiger partial charge in [0, 0.05) is 34.3 Å². The zero-order valence-electron chi connectivity index (χ0n) is 16.5. The molecule has 0 atom stereocenters. The summed E-state index contributed by atoms with van der Waals surface area (Å²) in [6.45, 7) is 4.00. The summed E-state index contributed by atoms with van der Waals surface area (Å²) >= 11 is 1.49. The van der Waals surface area contributed by atoms with Gasteiger partial charge in [-0.05, 0) is 44.4 Å². The van der Waals surface area contributed by atoms with E-state index in [1.165, 1.54) is 11.8 Å². The van der Waals surface area contributed by atoms with E-state index in [2.05, 4.69) is 31.9 Å². The topological polar surface area (TPSA) is 63.6 Å². The molecule has 2 aromatic heterocycles. The molecule has 2 aromatic carbocycles. The van der Waals surface area contributed by atoms with Crippen LogP contribution in [0.1, 0.15) is 40.4 Å². The van der Waals surface area contributed by atoms with Crippen LogP contribution in [-0.4, -0.2) is 31.3 Å². The lowest BCUT2D eigenvalue weighted by Crippen LogP contribution is -2.07. The summed E-state index contributed by atoms with van der Waals surface area (Å²) in [6, 6.07) is 14.7. The molecular weight excluding hydrogens is 380 g/mol. The van der Waals surface area contributed by atoms with Gasteiger partial charge >= 0.3 is 0 Å². The minimum absolute atomic E-state index is 0.134. The van der Waals surface area contributed by atoms with E-state index < -0.39 is 0 Å². The van der Waals surface area contributed by atoms with E-state index in [-0.39, 0.29) is 5.78 Å². The maximum atomic E-state index is 12.8. The van der Waals surface area contributed by atoms with E-state index in [1.807, 2.05) is 50.4 Å². The van der Waals surface area contributed by atoms with Gasteiger partial charge < -0.3 is 4.98 Å². The first-order valence-electron chi connectivity index (χ1n) is 9.86.